The normalized spacial score (nSPS) is 10.8. The standard InChI is InChI=1S/C15H13BrClNO3/c1-20-14-7-11(8-18-19)6-13(16)15(14)21-9-10-2-4-12(17)5-3-10/h2-8,19H,9H2,1H3. The van der Waals surface area contributed by atoms with Crippen molar-refractivity contribution in [3.8, 4) is 11.5 Å². The summed E-state index contributed by atoms with van der Waals surface area (Å²) in [7, 11) is 1.55. The predicted octanol–water partition coefficient (Wildman–Crippen LogP) is 4.50. The highest BCUT2D eigenvalue weighted by molar-refractivity contribution is 9.10. The average molecular weight is 371 g/mol. The van der Waals surface area contributed by atoms with Gasteiger partial charge in [0, 0.05) is 10.6 Å². The smallest absolute Gasteiger partial charge is 0.175 e. The van der Waals surface area contributed by atoms with E-state index >= 15 is 0 Å². The van der Waals surface area contributed by atoms with Crippen molar-refractivity contribution in [3.05, 3.63) is 57.0 Å². The van der Waals surface area contributed by atoms with Gasteiger partial charge in [-0.3, -0.25) is 0 Å². The average Bonchev–Trinajstić information content (AvgIpc) is 2.47. The molecule has 0 aromatic heterocycles. The monoisotopic (exact) mass is 369 g/mol. The topological polar surface area (TPSA) is 51.0 Å². The van der Waals surface area contributed by atoms with Gasteiger partial charge in [-0.2, -0.15) is 0 Å². The Morgan fingerprint density at radius 1 is 1.29 bits per heavy atom. The zero-order valence-electron chi connectivity index (χ0n) is 11.2. The maximum Gasteiger partial charge on any atom is 0.175 e. The van der Waals surface area contributed by atoms with E-state index in [1.807, 2.05) is 24.3 Å². The van der Waals surface area contributed by atoms with Gasteiger partial charge in [0.15, 0.2) is 11.5 Å². The van der Waals surface area contributed by atoms with Gasteiger partial charge >= 0.3 is 0 Å². The first-order valence-electron chi connectivity index (χ1n) is 6.06. The summed E-state index contributed by atoms with van der Waals surface area (Å²) < 4.78 is 11.8. The molecule has 0 unspecified atom stereocenters. The summed E-state index contributed by atoms with van der Waals surface area (Å²) in [5.41, 5.74) is 1.69. The molecule has 2 rings (SSSR count). The summed E-state index contributed by atoms with van der Waals surface area (Å²) in [6.45, 7) is 0.388. The van der Waals surface area contributed by atoms with Gasteiger partial charge in [0.05, 0.1) is 17.8 Å². The summed E-state index contributed by atoms with van der Waals surface area (Å²) in [5, 5.41) is 12.3. The third-order valence-electron chi connectivity index (χ3n) is 2.76. The molecule has 2 aromatic rings. The van der Waals surface area contributed by atoms with Crippen LogP contribution in [0.5, 0.6) is 11.5 Å². The van der Waals surface area contributed by atoms with Crippen LogP contribution in [0.4, 0.5) is 0 Å². The minimum absolute atomic E-state index is 0.388. The first kappa shape index (κ1) is 15.7. The highest BCUT2D eigenvalue weighted by atomic mass is 79.9. The van der Waals surface area contributed by atoms with Gasteiger partial charge in [0.1, 0.15) is 6.61 Å². The quantitative estimate of drug-likeness (QED) is 0.479. The number of oxime groups is 1. The molecule has 110 valence electrons. The van der Waals surface area contributed by atoms with Gasteiger partial charge in [-0.15, -0.1) is 0 Å². The lowest BCUT2D eigenvalue weighted by atomic mass is 10.2. The van der Waals surface area contributed by atoms with E-state index in [0.717, 1.165) is 5.56 Å². The number of ether oxygens (including phenoxy) is 2. The first-order chi connectivity index (χ1) is 10.1. The van der Waals surface area contributed by atoms with Crippen LogP contribution in [0.1, 0.15) is 11.1 Å². The van der Waals surface area contributed by atoms with Crippen molar-refractivity contribution >= 4 is 33.7 Å². The molecular weight excluding hydrogens is 358 g/mol. The molecule has 0 amide bonds. The van der Waals surface area contributed by atoms with Crippen molar-refractivity contribution in [1.29, 1.82) is 0 Å². The Bertz CT molecular complexity index is 644. The fourth-order valence-electron chi connectivity index (χ4n) is 1.76. The van der Waals surface area contributed by atoms with Crippen molar-refractivity contribution in [1.82, 2.24) is 0 Å². The second kappa shape index (κ2) is 7.33. The molecule has 0 saturated carbocycles. The second-order valence-electron chi connectivity index (χ2n) is 4.19. The van der Waals surface area contributed by atoms with E-state index in [1.165, 1.54) is 6.21 Å². The van der Waals surface area contributed by atoms with Gasteiger partial charge < -0.3 is 14.7 Å². The number of halogens is 2. The van der Waals surface area contributed by atoms with Crippen LogP contribution in [0.25, 0.3) is 0 Å². The highest BCUT2D eigenvalue weighted by Gasteiger charge is 2.11. The van der Waals surface area contributed by atoms with Gasteiger partial charge in [0.2, 0.25) is 0 Å². The molecule has 6 heteroatoms. The molecule has 0 radical (unpaired) electrons. The number of methoxy groups -OCH3 is 1. The molecule has 4 nitrogen and oxygen atoms in total. The maximum atomic E-state index is 8.59. The Morgan fingerprint density at radius 3 is 2.62 bits per heavy atom. The zero-order chi connectivity index (χ0) is 15.2. The van der Waals surface area contributed by atoms with Gasteiger partial charge in [-0.1, -0.05) is 28.9 Å². The Hall–Kier alpha value is -1.72. The fraction of sp³-hybridized carbons (Fsp3) is 0.133. The summed E-state index contributed by atoms with van der Waals surface area (Å²) in [4.78, 5) is 0. The van der Waals surface area contributed by atoms with E-state index < -0.39 is 0 Å². The number of nitrogens with zero attached hydrogens (tertiary/aromatic N) is 1. The third kappa shape index (κ3) is 4.12. The largest absolute Gasteiger partial charge is 0.493 e. The van der Waals surface area contributed by atoms with E-state index in [2.05, 4.69) is 21.1 Å². The van der Waals surface area contributed by atoms with Crippen molar-refractivity contribution < 1.29 is 14.7 Å². The lowest BCUT2D eigenvalue weighted by Gasteiger charge is -2.13. The molecule has 0 aliphatic carbocycles. The van der Waals surface area contributed by atoms with Crippen LogP contribution in [0.15, 0.2) is 46.0 Å². The van der Waals surface area contributed by atoms with Crippen molar-refractivity contribution in [2.24, 2.45) is 5.16 Å². The van der Waals surface area contributed by atoms with Crippen LogP contribution in [0, 0.1) is 0 Å². The number of hydrogen-bond acceptors (Lipinski definition) is 4. The van der Waals surface area contributed by atoms with E-state index in [9.17, 15) is 0 Å². The minimum Gasteiger partial charge on any atom is -0.493 e. The number of benzene rings is 2. The molecule has 2 aromatic carbocycles. The maximum absolute atomic E-state index is 8.59. The molecule has 0 spiro atoms. The molecule has 0 saturated heterocycles. The van der Waals surface area contributed by atoms with E-state index in [-0.39, 0.29) is 0 Å². The molecule has 1 N–H and O–H groups in total. The highest BCUT2D eigenvalue weighted by Crippen LogP contribution is 2.36. The minimum atomic E-state index is 0.388. The molecule has 0 aliphatic heterocycles. The summed E-state index contributed by atoms with van der Waals surface area (Å²) in [6, 6.07) is 10.9. The first-order valence-corrected chi connectivity index (χ1v) is 7.23. The summed E-state index contributed by atoms with van der Waals surface area (Å²) in [5.74, 6) is 1.13. The lowest BCUT2D eigenvalue weighted by Crippen LogP contribution is -1.99. The van der Waals surface area contributed by atoms with Crippen molar-refractivity contribution in [2.45, 2.75) is 6.61 Å². The number of rotatable bonds is 5. The SMILES string of the molecule is COc1cc(C=NO)cc(Br)c1OCc1ccc(Cl)cc1. The van der Waals surface area contributed by atoms with Crippen molar-refractivity contribution in [3.63, 3.8) is 0 Å². The molecular formula is C15H13BrClNO3. The number of hydrogen-bond donors (Lipinski definition) is 1. The van der Waals surface area contributed by atoms with Crippen LogP contribution < -0.4 is 9.47 Å². The van der Waals surface area contributed by atoms with E-state index in [1.54, 1.807) is 19.2 Å². The Morgan fingerprint density at radius 2 is 2.00 bits per heavy atom. The van der Waals surface area contributed by atoms with Crippen LogP contribution in [-0.2, 0) is 6.61 Å². The molecule has 0 fully saturated rings. The summed E-state index contributed by atoms with van der Waals surface area (Å²) in [6.07, 6.45) is 1.32. The van der Waals surface area contributed by atoms with Gasteiger partial charge in [-0.05, 0) is 45.8 Å². The van der Waals surface area contributed by atoms with Crippen molar-refractivity contribution in [2.75, 3.05) is 7.11 Å². The zero-order valence-corrected chi connectivity index (χ0v) is 13.6. The third-order valence-corrected chi connectivity index (χ3v) is 3.60. The molecule has 0 heterocycles. The van der Waals surface area contributed by atoms with Gasteiger partial charge in [0.25, 0.3) is 0 Å². The van der Waals surface area contributed by atoms with Crippen LogP contribution in [0.2, 0.25) is 5.02 Å². The molecule has 21 heavy (non-hydrogen) atoms. The summed E-state index contributed by atoms with van der Waals surface area (Å²) >= 11 is 9.27. The molecule has 0 bridgehead atoms. The van der Waals surface area contributed by atoms with Gasteiger partial charge in [-0.25, -0.2) is 0 Å². The second-order valence-corrected chi connectivity index (χ2v) is 5.48. The lowest BCUT2D eigenvalue weighted by molar-refractivity contribution is 0.282. The van der Waals surface area contributed by atoms with E-state index in [4.69, 9.17) is 26.3 Å². The Labute approximate surface area is 136 Å². The van der Waals surface area contributed by atoms with E-state index in [0.29, 0.717) is 33.2 Å². The van der Waals surface area contributed by atoms with Crippen LogP contribution >= 0.6 is 27.5 Å². The Balaban J connectivity index is 2.20. The van der Waals surface area contributed by atoms with Crippen LogP contribution in [-0.4, -0.2) is 18.5 Å². The fourth-order valence-corrected chi connectivity index (χ4v) is 2.46. The van der Waals surface area contributed by atoms with Crippen LogP contribution in [0.3, 0.4) is 0 Å². The molecule has 0 atom stereocenters. The molecule has 0 aliphatic rings. The predicted molar refractivity (Wildman–Crippen MR) is 85.9 cm³/mol. The Kier molecular flexibility index (Phi) is 5.47.